The van der Waals surface area contributed by atoms with Crippen LogP contribution in [-0.2, 0) is 0 Å². The van der Waals surface area contributed by atoms with Gasteiger partial charge in [-0.1, -0.05) is 36.4 Å². The molecule has 0 bridgehead atoms. The fourth-order valence-electron chi connectivity index (χ4n) is 2.79. The number of hydrogen-bond donors (Lipinski definition) is 0. The lowest BCUT2D eigenvalue weighted by atomic mass is 10.1. The van der Waals surface area contributed by atoms with Crippen molar-refractivity contribution in [1.29, 1.82) is 0 Å². The molecule has 0 N–H and O–H groups in total. The largest absolute Gasteiger partial charge is 0.383 e. The number of aryl methyl sites for hydroxylation is 2. The Labute approximate surface area is 148 Å². The molecule has 0 nitrogen and oxygen atoms in total. The van der Waals surface area contributed by atoms with Crippen LogP contribution in [-0.4, -0.2) is 7.57 Å². The monoisotopic (exact) mass is 379 g/mol. The topological polar surface area (TPSA) is 0 Å². The van der Waals surface area contributed by atoms with Gasteiger partial charge in [-0.05, 0) is 77.3 Å². The molecule has 0 aliphatic carbocycles. The van der Waals surface area contributed by atoms with Crippen molar-refractivity contribution in [3.8, 4) is 0 Å². The second-order valence-electron chi connectivity index (χ2n) is 5.78. The Kier molecular flexibility index (Phi) is 4.76. The van der Waals surface area contributed by atoms with E-state index in [4.69, 9.17) is 7.57 Å². The summed E-state index contributed by atoms with van der Waals surface area (Å²) in [5.74, 6) is 0. The summed E-state index contributed by atoms with van der Waals surface area (Å²) in [5.41, 5.74) is 2.54. The predicted molar refractivity (Wildman–Crippen MR) is 108 cm³/mol. The third kappa shape index (κ3) is 3.03. The van der Waals surface area contributed by atoms with Crippen LogP contribution < -0.4 is 15.9 Å². The maximum Gasteiger partial charge on any atom is 0.383 e. The summed E-state index contributed by atoms with van der Waals surface area (Å²) in [4.78, 5) is 0. The molecule has 0 aliphatic heterocycles. The minimum absolute atomic E-state index is 1.09. The first kappa shape index (κ1) is 16.5. The van der Waals surface area contributed by atoms with Gasteiger partial charge in [-0.2, -0.15) is 0 Å². The smallest absolute Gasteiger partial charge is 0.0620 e. The molecule has 0 aliphatic rings. The summed E-state index contributed by atoms with van der Waals surface area (Å²) in [6.07, 6.45) is 0. The van der Waals surface area contributed by atoms with Crippen molar-refractivity contribution in [2.45, 2.75) is 13.8 Å². The maximum absolute atomic E-state index is 7.16. The summed E-state index contributed by atoms with van der Waals surface area (Å²) < 4.78 is 1.09. The maximum atomic E-state index is 7.16. The lowest BCUT2D eigenvalue weighted by molar-refractivity contribution is 1.34. The van der Waals surface area contributed by atoms with Crippen molar-refractivity contribution in [1.82, 2.24) is 0 Å². The van der Waals surface area contributed by atoms with Crippen molar-refractivity contribution >= 4 is 46.6 Å². The number of rotatable bonds is 3. The van der Waals surface area contributed by atoms with Gasteiger partial charge in [0.25, 0.3) is 0 Å². The van der Waals surface area contributed by atoms with Crippen molar-refractivity contribution < 1.29 is 0 Å². The molecule has 0 saturated carbocycles. The Balaban J connectivity index is 2.32. The van der Waals surface area contributed by atoms with Crippen LogP contribution in [0.2, 0.25) is 0 Å². The van der Waals surface area contributed by atoms with Crippen molar-refractivity contribution in [3.63, 3.8) is 0 Å². The Morgan fingerprint density at radius 1 is 0.739 bits per heavy atom. The van der Waals surface area contributed by atoms with Crippen LogP contribution in [0.5, 0.6) is 0 Å². The predicted octanol–water partition coefficient (Wildman–Crippen LogP) is 4.44. The Morgan fingerprint density at radius 3 is 1.65 bits per heavy atom. The molecular weight excluding hydrogens is 362 g/mol. The first-order valence-corrected chi connectivity index (χ1v) is 10.2. The first-order chi connectivity index (χ1) is 11.0. The van der Waals surface area contributed by atoms with Crippen molar-refractivity contribution in [3.05, 3.63) is 88.4 Å². The molecule has 0 amide bonds. The summed E-state index contributed by atoms with van der Waals surface area (Å²) in [6.45, 7) is 4.27. The van der Waals surface area contributed by atoms with Crippen LogP contribution in [0.25, 0.3) is 0 Å². The standard InChI is InChI=1S/C20H18BBrP/c1-15-13-19(22)20(14-16(15)2)23(21,17-9-5-3-6-10-17)18-11-7-4-8-12-18/h3-14H,1-2H3/q+1. The zero-order valence-corrected chi connectivity index (χ0v) is 15.8. The lowest BCUT2D eigenvalue weighted by Gasteiger charge is -2.25. The second kappa shape index (κ2) is 6.63. The molecule has 23 heavy (non-hydrogen) atoms. The van der Waals surface area contributed by atoms with E-state index < -0.39 is 7.14 Å². The van der Waals surface area contributed by atoms with E-state index in [1.165, 1.54) is 27.0 Å². The van der Waals surface area contributed by atoms with Gasteiger partial charge in [-0.3, -0.25) is 0 Å². The third-order valence-corrected chi connectivity index (χ3v) is 8.59. The number of hydrogen-bond acceptors (Lipinski definition) is 0. The molecule has 2 radical (unpaired) electrons. The fourth-order valence-corrected chi connectivity index (χ4v) is 7.02. The highest BCUT2D eigenvalue weighted by Gasteiger charge is 2.41. The Bertz CT molecular complexity index is 776. The molecule has 3 aromatic rings. The van der Waals surface area contributed by atoms with Crippen LogP contribution in [0.1, 0.15) is 11.1 Å². The van der Waals surface area contributed by atoms with E-state index in [0.717, 1.165) is 4.47 Å². The molecule has 3 aromatic carbocycles. The Hall–Kier alpha value is -1.37. The fraction of sp³-hybridized carbons (Fsp3) is 0.100. The molecule has 0 atom stereocenters. The SMILES string of the molecule is [B][P+](c1ccccc1)(c1ccccc1)c1cc(C)c(C)cc1Br. The van der Waals surface area contributed by atoms with Gasteiger partial charge >= 0.3 is 7.57 Å². The van der Waals surface area contributed by atoms with E-state index in [-0.39, 0.29) is 0 Å². The van der Waals surface area contributed by atoms with Crippen LogP contribution in [0, 0.1) is 13.8 Å². The van der Waals surface area contributed by atoms with Crippen LogP contribution in [0.4, 0.5) is 0 Å². The molecule has 112 valence electrons. The lowest BCUT2D eigenvalue weighted by Crippen LogP contribution is -2.32. The van der Waals surface area contributed by atoms with E-state index >= 15 is 0 Å². The molecular formula is C20H18BBrP+. The zero-order chi connectivity index (χ0) is 16.4. The van der Waals surface area contributed by atoms with Gasteiger partial charge in [0.05, 0.1) is 22.2 Å². The average Bonchev–Trinajstić information content (AvgIpc) is 2.59. The Morgan fingerprint density at radius 2 is 1.17 bits per heavy atom. The van der Waals surface area contributed by atoms with Gasteiger partial charge in [0, 0.05) is 0 Å². The van der Waals surface area contributed by atoms with E-state index in [1.807, 2.05) is 12.1 Å². The minimum Gasteiger partial charge on any atom is -0.0620 e. The van der Waals surface area contributed by atoms with Gasteiger partial charge in [-0.15, -0.1) is 0 Å². The van der Waals surface area contributed by atoms with Gasteiger partial charge in [0.2, 0.25) is 0 Å². The molecule has 3 rings (SSSR count). The van der Waals surface area contributed by atoms with Crippen LogP contribution >= 0.6 is 23.1 Å². The highest BCUT2D eigenvalue weighted by Crippen LogP contribution is 2.52. The average molecular weight is 380 g/mol. The molecule has 0 spiro atoms. The molecule has 0 unspecified atom stereocenters. The normalized spacial score (nSPS) is 11.4. The molecule has 0 saturated heterocycles. The molecule has 0 heterocycles. The van der Waals surface area contributed by atoms with Crippen molar-refractivity contribution in [2.75, 3.05) is 0 Å². The van der Waals surface area contributed by atoms with Gasteiger partial charge in [0.15, 0.2) is 0 Å². The molecule has 0 aromatic heterocycles. The number of benzene rings is 3. The number of halogens is 1. The highest BCUT2D eigenvalue weighted by atomic mass is 79.9. The second-order valence-corrected chi connectivity index (χ2v) is 9.60. The highest BCUT2D eigenvalue weighted by molar-refractivity contribution is 9.10. The van der Waals surface area contributed by atoms with E-state index in [1.54, 1.807) is 0 Å². The van der Waals surface area contributed by atoms with Gasteiger partial charge < -0.3 is 0 Å². The first-order valence-electron chi connectivity index (χ1n) is 7.59. The van der Waals surface area contributed by atoms with E-state index in [9.17, 15) is 0 Å². The van der Waals surface area contributed by atoms with Gasteiger partial charge in [-0.25, -0.2) is 0 Å². The van der Waals surface area contributed by atoms with E-state index in [2.05, 4.69) is 90.4 Å². The third-order valence-electron chi connectivity index (χ3n) is 4.27. The van der Waals surface area contributed by atoms with Crippen LogP contribution in [0.3, 0.4) is 0 Å². The molecule has 3 heteroatoms. The van der Waals surface area contributed by atoms with Gasteiger partial charge in [0.1, 0.15) is 5.30 Å². The van der Waals surface area contributed by atoms with E-state index in [0.29, 0.717) is 0 Å². The van der Waals surface area contributed by atoms with Crippen LogP contribution in [0.15, 0.2) is 77.3 Å². The summed E-state index contributed by atoms with van der Waals surface area (Å²) in [6, 6.07) is 25.3. The summed E-state index contributed by atoms with van der Waals surface area (Å²) in [5, 5.41) is 3.57. The minimum atomic E-state index is -2.16. The van der Waals surface area contributed by atoms with Crippen molar-refractivity contribution in [2.24, 2.45) is 0 Å². The summed E-state index contributed by atoms with van der Waals surface area (Å²) >= 11 is 3.76. The quantitative estimate of drug-likeness (QED) is 0.466. The molecule has 0 fully saturated rings. The zero-order valence-electron chi connectivity index (χ0n) is 13.3. The summed E-state index contributed by atoms with van der Waals surface area (Å²) in [7, 11) is 5.01.